The van der Waals surface area contributed by atoms with E-state index >= 15 is 0 Å². The average Bonchev–Trinajstić information content (AvgIpc) is 3.00. The molecule has 0 radical (unpaired) electrons. The summed E-state index contributed by atoms with van der Waals surface area (Å²) in [7, 11) is 0. The van der Waals surface area contributed by atoms with Gasteiger partial charge in [-0.3, -0.25) is 4.79 Å². The number of ether oxygens (including phenoxy) is 1. The van der Waals surface area contributed by atoms with Gasteiger partial charge in [-0.25, -0.2) is 0 Å². The standard InChI is InChI=1S/C15H20N2O2/c1-11-12(8-10-19-11)16-13-5-2-3-6-14(13)17-9-4-7-15(17)18/h2-3,5-6,11-12,16H,4,7-10H2,1H3. The number of amides is 1. The lowest BCUT2D eigenvalue weighted by Crippen LogP contribution is -2.29. The summed E-state index contributed by atoms with van der Waals surface area (Å²) in [6.07, 6.45) is 2.86. The lowest BCUT2D eigenvalue weighted by molar-refractivity contribution is -0.117. The fourth-order valence-electron chi connectivity index (χ4n) is 2.85. The Bertz CT molecular complexity index is 475. The highest BCUT2D eigenvalue weighted by Gasteiger charge is 2.27. The highest BCUT2D eigenvalue weighted by Crippen LogP contribution is 2.31. The highest BCUT2D eigenvalue weighted by atomic mass is 16.5. The van der Waals surface area contributed by atoms with Crippen molar-refractivity contribution in [3.63, 3.8) is 0 Å². The van der Waals surface area contributed by atoms with Crippen LogP contribution in [0, 0.1) is 0 Å². The van der Waals surface area contributed by atoms with E-state index in [9.17, 15) is 4.79 Å². The molecule has 19 heavy (non-hydrogen) atoms. The minimum Gasteiger partial charge on any atom is -0.378 e. The fraction of sp³-hybridized carbons (Fsp3) is 0.533. The lowest BCUT2D eigenvalue weighted by atomic mass is 10.1. The summed E-state index contributed by atoms with van der Waals surface area (Å²) in [4.78, 5) is 13.8. The molecule has 4 nitrogen and oxygen atoms in total. The SMILES string of the molecule is CC1OCCC1Nc1ccccc1N1CCCC1=O. The topological polar surface area (TPSA) is 41.6 Å². The molecule has 1 amide bonds. The van der Waals surface area contributed by atoms with Crippen LogP contribution in [0.1, 0.15) is 26.2 Å². The first kappa shape index (κ1) is 12.5. The maximum atomic E-state index is 11.9. The maximum absolute atomic E-state index is 11.9. The van der Waals surface area contributed by atoms with E-state index in [1.807, 2.05) is 29.2 Å². The van der Waals surface area contributed by atoms with Gasteiger partial charge in [0.2, 0.25) is 5.91 Å². The summed E-state index contributed by atoms with van der Waals surface area (Å²) in [5, 5.41) is 3.54. The number of rotatable bonds is 3. The average molecular weight is 260 g/mol. The molecule has 1 aromatic rings. The molecule has 102 valence electrons. The van der Waals surface area contributed by atoms with Crippen LogP contribution in [0.15, 0.2) is 24.3 Å². The van der Waals surface area contributed by atoms with Crippen molar-refractivity contribution in [1.82, 2.24) is 0 Å². The number of carbonyl (C=O) groups excluding carboxylic acids is 1. The highest BCUT2D eigenvalue weighted by molar-refractivity contribution is 5.98. The number of nitrogens with one attached hydrogen (secondary N) is 1. The molecule has 2 fully saturated rings. The third-order valence-corrected chi connectivity index (χ3v) is 3.99. The molecule has 0 saturated carbocycles. The van der Waals surface area contributed by atoms with Crippen LogP contribution in [0.4, 0.5) is 11.4 Å². The second-order valence-corrected chi connectivity index (χ2v) is 5.28. The Labute approximate surface area is 113 Å². The van der Waals surface area contributed by atoms with Gasteiger partial charge in [-0.15, -0.1) is 0 Å². The minimum atomic E-state index is 0.224. The van der Waals surface area contributed by atoms with Crippen molar-refractivity contribution in [2.24, 2.45) is 0 Å². The van der Waals surface area contributed by atoms with Crippen molar-refractivity contribution in [2.75, 3.05) is 23.4 Å². The zero-order chi connectivity index (χ0) is 13.2. The van der Waals surface area contributed by atoms with Crippen LogP contribution in [0.5, 0.6) is 0 Å². The quantitative estimate of drug-likeness (QED) is 0.907. The number of carbonyl (C=O) groups is 1. The molecule has 2 saturated heterocycles. The van der Waals surface area contributed by atoms with Gasteiger partial charge in [-0.05, 0) is 31.9 Å². The molecular weight excluding hydrogens is 240 g/mol. The smallest absolute Gasteiger partial charge is 0.227 e. The summed E-state index contributed by atoms with van der Waals surface area (Å²) in [5.41, 5.74) is 2.05. The normalized spacial score (nSPS) is 27.0. The van der Waals surface area contributed by atoms with Crippen LogP contribution in [0.3, 0.4) is 0 Å². The van der Waals surface area contributed by atoms with E-state index < -0.39 is 0 Å². The van der Waals surface area contributed by atoms with Crippen molar-refractivity contribution in [3.8, 4) is 0 Å². The van der Waals surface area contributed by atoms with Crippen LogP contribution in [-0.4, -0.2) is 31.2 Å². The summed E-state index contributed by atoms with van der Waals surface area (Å²) >= 11 is 0. The van der Waals surface area contributed by atoms with Gasteiger partial charge in [0, 0.05) is 19.6 Å². The largest absolute Gasteiger partial charge is 0.378 e. The van der Waals surface area contributed by atoms with Crippen LogP contribution in [-0.2, 0) is 9.53 Å². The monoisotopic (exact) mass is 260 g/mol. The molecule has 2 unspecified atom stereocenters. The van der Waals surface area contributed by atoms with Crippen molar-refractivity contribution in [2.45, 2.75) is 38.3 Å². The zero-order valence-electron chi connectivity index (χ0n) is 11.3. The van der Waals surface area contributed by atoms with E-state index in [1.165, 1.54) is 0 Å². The third-order valence-electron chi connectivity index (χ3n) is 3.99. The van der Waals surface area contributed by atoms with Crippen LogP contribution in [0.2, 0.25) is 0 Å². The summed E-state index contributed by atoms with van der Waals surface area (Å²) < 4.78 is 5.58. The lowest BCUT2D eigenvalue weighted by Gasteiger charge is -2.24. The second-order valence-electron chi connectivity index (χ2n) is 5.28. The first-order chi connectivity index (χ1) is 9.25. The van der Waals surface area contributed by atoms with Gasteiger partial charge >= 0.3 is 0 Å². The predicted molar refractivity (Wildman–Crippen MR) is 75.5 cm³/mol. The Kier molecular flexibility index (Phi) is 3.42. The molecule has 2 atom stereocenters. The molecule has 3 rings (SSSR count). The molecule has 2 aliphatic rings. The van der Waals surface area contributed by atoms with E-state index in [4.69, 9.17) is 4.74 Å². The Morgan fingerprint density at radius 1 is 1.37 bits per heavy atom. The van der Waals surface area contributed by atoms with Crippen LogP contribution >= 0.6 is 0 Å². The number of hydrogen-bond acceptors (Lipinski definition) is 3. The number of nitrogens with zero attached hydrogens (tertiary/aromatic N) is 1. The summed E-state index contributed by atoms with van der Waals surface area (Å²) in [6, 6.07) is 8.39. The van der Waals surface area contributed by atoms with Gasteiger partial charge in [-0.2, -0.15) is 0 Å². The third kappa shape index (κ3) is 2.45. The Hall–Kier alpha value is -1.55. The Balaban J connectivity index is 1.83. The van der Waals surface area contributed by atoms with Crippen molar-refractivity contribution < 1.29 is 9.53 Å². The minimum absolute atomic E-state index is 0.224. The number of hydrogen-bond donors (Lipinski definition) is 1. The van der Waals surface area contributed by atoms with Gasteiger partial charge in [-0.1, -0.05) is 12.1 Å². The first-order valence-corrected chi connectivity index (χ1v) is 7.03. The number of para-hydroxylation sites is 2. The molecule has 2 aliphatic heterocycles. The van der Waals surface area contributed by atoms with E-state index in [1.54, 1.807) is 0 Å². The molecule has 2 heterocycles. The Morgan fingerprint density at radius 3 is 2.89 bits per heavy atom. The van der Waals surface area contributed by atoms with Gasteiger partial charge in [0.15, 0.2) is 0 Å². The van der Waals surface area contributed by atoms with Crippen molar-refractivity contribution >= 4 is 17.3 Å². The molecular formula is C15H20N2O2. The number of anilines is 2. The molecule has 4 heteroatoms. The summed E-state index contributed by atoms with van der Waals surface area (Å²) in [6.45, 7) is 3.73. The van der Waals surface area contributed by atoms with Gasteiger partial charge in [0.05, 0.1) is 23.5 Å². The molecule has 0 aliphatic carbocycles. The van der Waals surface area contributed by atoms with Crippen LogP contribution in [0.25, 0.3) is 0 Å². The van der Waals surface area contributed by atoms with Crippen molar-refractivity contribution in [1.29, 1.82) is 0 Å². The van der Waals surface area contributed by atoms with E-state index in [-0.39, 0.29) is 12.0 Å². The van der Waals surface area contributed by atoms with Gasteiger partial charge in [0.1, 0.15) is 0 Å². The van der Waals surface area contributed by atoms with Crippen LogP contribution < -0.4 is 10.2 Å². The summed E-state index contributed by atoms with van der Waals surface area (Å²) in [5.74, 6) is 0.227. The second kappa shape index (κ2) is 5.21. The van der Waals surface area contributed by atoms with Gasteiger partial charge < -0.3 is 15.0 Å². The fourth-order valence-corrected chi connectivity index (χ4v) is 2.85. The molecule has 0 aromatic heterocycles. The van der Waals surface area contributed by atoms with E-state index in [0.717, 1.165) is 37.4 Å². The van der Waals surface area contributed by atoms with Crippen molar-refractivity contribution in [3.05, 3.63) is 24.3 Å². The maximum Gasteiger partial charge on any atom is 0.227 e. The first-order valence-electron chi connectivity index (χ1n) is 7.03. The molecule has 0 bridgehead atoms. The molecule has 1 aromatic carbocycles. The number of benzene rings is 1. The predicted octanol–water partition coefficient (Wildman–Crippen LogP) is 2.40. The van der Waals surface area contributed by atoms with E-state index in [0.29, 0.717) is 12.5 Å². The Morgan fingerprint density at radius 2 is 2.21 bits per heavy atom. The van der Waals surface area contributed by atoms with E-state index in [2.05, 4.69) is 12.2 Å². The van der Waals surface area contributed by atoms with Gasteiger partial charge in [0.25, 0.3) is 0 Å². The zero-order valence-corrected chi connectivity index (χ0v) is 11.3. The molecule has 0 spiro atoms. The molecule has 1 N–H and O–H groups in total.